The first-order valence-corrected chi connectivity index (χ1v) is 10.6. The summed E-state index contributed by atoms with van der Waals surface area (Å²) in [7, 11) is 2.10. The number of ether oxygens (including phenoxy) is 1. The second-order valence-corrected chi connectivity index (χ2v) is 8.36. The number of carbonyl (C=O) groups excluding carboxylic acids is 1. The zero-order valence-corrected chi connectivity index (χ0v) is 17.2. The van der Waals surface area contributed by atoms with Crippen LogP contribution in [0.5, 0.6) is 0 Å². The molecule has 6 heteroatoms. The Morgan fingerprint density at radius 2 is 2.10 bits per heavy atom. The molecule has 0 saturated heterocycles. The molecule has 3 aromatic rings. The number of rotatable bonds is 6. The molecule has 29 heavy (non-hydrogen) atoms. The summed E-state index contributed by atoms with van der Waals surface area (Å²) in [4.78, 5) is 15.0. The molecule has 2 aliphatic rings. The Morgan fingerprint density at radius 3 is 2.90 bits per heavy atom. The molecule has 0 N–H and O–H groups in total. The molecule has 1 fully saturated rings. The third-order valence-electron chi connectivity index (χ3n) is 6.18. The SMILES string of the molecule is CCOC(=O)c1nn(CC2CC2)c2c1CN(Cc1cn(C)c3ccccc13)CC2. The normalized spacial score (nSPS) is 16.9. The van der Waals surface area contributed by atoms with Gasteiger partial charge in [0.25, 0.3) is 0 Å². The minimum atomic E-state index is -0.287. The van der Waals surface area contributed by atoms with Gasteiger partial charge in [0.05, 0.1) is 6.61 Å². The standard InChI is InChI=1S/C23H28N4O2/c1-3-29-23(28)22-19-15-26(11-10-21(19)27(24-22)12-16-8-9-16)14-17-13-25(2)20-7-5-4-6-18(17)20/h4-7,13,16H,3,8-12,14-15H2,1-2H3. The van der Waals surface area contributed by atoms with Crippen molar-refractivity contribution in [3.05, 3.63) is 53.0 Å². The van der Waals surface area contributed by atoms with Crippen molar-refractivity contribution in [2.75, 3.05) is 13.2 Å². The maximum atomic E-state index is 12.6. The van der Waals surface area contributed by atoms with Gasteiger partial charge in [-0.25, -0.2) is 4.79 Å². The molecule has 5 rings (SSSR count). The van der Waals surface area contributed by atoms with Gasteiger partial charge >= 0.3 is 5.97 Å². The molecule has 0 radical (unpaired) electrons. The van der Waals surface area contributed by atoms with Crippen LogP contribution in [0.15, 0.2) is 30.5 Å². The number of aromatic nitrogens is 3. The number of benzene rings is 1. The van der Waals surface area contributed by atoms with E-state index in [9.17, 15) is 4.79 Å². The molecule has 0 bridgehead atoms. The van der Waals surface area contributed by atoms with E-state index in [1.807, 2.05) is 6.92 Å². The highest BCUT2D eigenvalue weighted by Gasteiger charge is 2.31. The van der Waals surface area contributed by atoms with Crippen LogP contribution in [0.2, 0.25) is 0 Å². The molecule has 0 atom stereocenters. The van der Waals surface area contributed by atoms with Crippen LogP contribution >= 0.6 is 0 Å². The van der Waals surface area contributed by atoms with Crippen molar-refractivity contribution >= 4 is 16.9 Å². The van der Waals surface area contributed by atoms with Crippen LogP contribution in [0.1, 0.15) is 47.1 Å². The van der Waals surface area contributed by atoms with E-state index in [-0.39, 0.29) is 5.97 Å². The average Bonchev–Trinajstić information content (AvgIpc) is 3.40. The van der Waals surface area contributed by atoms with Crippen molar-refractivity contribution in [3.8, 4) is 0 Å². The lowest BCUT2D eigenvalue weighted by Crippen LogP contribution is -2.31. The highest BCUT2D eigenvalue weighted by atomic mass is 16.5. The molecule has 0 amide bonds. The Bertz CT molecular complexity index is 1060. The number of nitrogens with zero attached hydrogens (tertiary/aromatic N) is 4. The highest BCUT2D eigenvalue weighted by molar-refractivity contribution is 5.89. The summed E-state index contributed by atoms with van der Waals surface area (Å²) in [6.45, 7) is 5.76. The number of fused-ring (bicyclic) bond motifs is 2. The van der Waals surface area contributed by atoms with E-state index in [0.717, 1.165) is 44.1 Å². The molecule has 6 nitrogen and oxygen atoms in total. The van der Waals surface area contributed by atoms with Crippen LogP contribution in [-0.4, -0.2) is 38.4 Å². The van der Waals surface area contributed by atoms with Gasteiger partial charge in [0.1, 0.15) is 0 Å². The zero-order chi connectivity index (χ0) is 20.0. The summed E-state index contributed by atoms with van der Waals surface area (Å²) in [5.74, 6) is 0.438. The molecule has 1 saturated carbocycles. The van der Waals surface area contributed by atoms with Gasteiger partial charge in [-0.1, -0.05) is 18.2 Å². The van der Waals surface area contributed by atoms with Crippen LogP contribution in [0.25, 0.3) is 10.9 Å². The molecule has 2 aromatic heterocycles. The monoisotopic (exact) mass is 392 g/mol. The Balaban J connectivity index is 1.43. The molecule has 1 aliphatic carbocycles. The third-order valence-corrected chi connectivity index (χ3v) is 6.18. The topological polar surface area (TPSA) is 52.3 Å². The number of para-hydroxylation sites is 1. The summed E-state index contributed by atoms with van der Waals surface area (Å²) in [5, 5.41) is 6.00. The maximum Gasteiger partial charge on any atom is 0.359 e. The lowest BCUT2D eigenvalue weighted by atomic mass is 10.0. The first-order valence-electron chi connectivity index (χ1n) is 10.6. The largest absolute Gasteiger partial charge is 0.461 e. The minimum Gasteiger partial charge on any atom is -0.461 e. The van der Waals surface area contributed by atoms with Gasteiger partial charge in [0, 0.05) is 68.0 Å². The molecular weight excluding hydrogens is 364 g/mol. The summed E-state index contributed by atoms with van der Waals surface area (Å²) in [5.41, 5.74) is 5.40. The average molecular weight is 393 g/mol. The third kappa shape index (κ3) is 3.46. The van der Waals surface area contributed by atoms with E-state index in [2.05, 4.69) is 51.7 Å². The second-order valence-electron chi connectivity index (χ2n) is 8.36. The van der Waals surface area contributed by atoms with Crippen molar-refractivity contribution < 1.29 is 9.53 Å². The van der Waals surface area contributed by atoms with Crippen molar-refractivity contribution in [3.63, 3.8) is 0 Å². The summed E-state index contributed by atoms with van der Waals surface area (Å²) in [6, 6.07) is 8.53. The van der Waals surface area contributed by atoms with E-state index in [1.54, 1.807) is 0 Å². The predicted octanol–water partition coefficient (Wildman–Crippen LogP) is 3.52. The summed E-state index contributed by atoms with van der Waals surface area (Å²) in [6.07, 6.45) is 5.70. The lowest BCUT2D eigenvalue weighted by molar-refractivity contribution is 0.0515. The molecule has 1 aliphatic heterocycles. The molecule has 0 spiro atoms. The number of hydrogen-bond donors (Lipinski definition) is 0. The van der Waals surface area contributed by atoms with Crippen LogP contribution in [-0.2, 0) is 37.8 Å². The first-order chi connectivity index (χ1) is 14.1. The van der Waals surface area contributed by atoms with Gasteiger partial charge in [-0.15, -0.1) is 0 Å². The van der Waals surface area contributed by atoms with E-state index in [4.69, 9.17) is 9.84 Å². The van der Waals surface area contributed by atoms with Crippen LogP contribution < -0.4 is 0 Å². The summed E-state index contributed by atoms with van der Waals surface area (Å²) < 4.78 is 9.59. The molecule has 1 aromatic carbocycles. The number of hydrogen-bond acceptors (Lipinski definition) is 4. The van der Waals surface area contributed by atoms with Gasteiger partial charge in [0.2, 0.25) is 0 Å². The maximum absolute atomic E-state index is 12.6. The molecule has 3 heterocycles. The first kappa shape index (κ1) is 18.4. The lowest BCUT2D eigenvalue weighted by Gasteiger charge is -2.27. The van der Waals surface area contributed by atoms with Gasteiger partial charge < -0.3 is 9.30 Å². The highest BCUT2D eigenvalue weighted by Crippen LogP contribution is 2.33. The zero-order valence-electron chi connectivity index (χ0n) is 17.2. The van der Waals surface area contributed by atoms with Crippen molar-refractivity contribution in [1.82, 2.24) is 19.2 Å². The summed E-state index contributed by atoms with van der Waals surface area (Å²) >= 11 is 0. The van der Waals surface area contributed by atoms with Crippen molar-refractivity contribution in [1.29, 1.82) is 0 Å². The Morgan fingerprint density at radius 1 is 1.28 bits per heavy atom. The Kier molecular flexibility index (Phi) is 4.66. The Labute approximate surface area is 171 Å². The van der Waals surface area contributed by atoms with Crippen LogP contribution in [0.4, 0.5) is 0 Å². The van der Waals surface area contributed by atoms with Gasteiger partial charge in [-0.2, -0.15) is 5.10 Å². The number of carbonyl (C=O) groups is 1. The second kappa shape index (κ2) is 7.34. The molecule has 152 valence electrons. The van der Waals surface area contributed by atoms with Gasteiger partial charge in [-0.3, -0.25) is 9.58 Å². The van der Waals surface area contributed by atoms with Crippen LogP contribution in [0, 0.1) is 5.92 Å². The van der Waals surface area contributed by atoms with Crippen molar-refractivity contribution in [2.45, 2.75) is 45.8 Å². The number of esters is 1. The minimum absolute atomic E-state index is 0.287. The fraction of sp³-hybridized carbons (Fsp3) is 0.478. The fourth-order valence-electron chi connectivity index (χ4n) is 4.53. The smallest absolute Gasteiger partial charge is 0.359 e. The molecular formula is C23H28N4O2. The van der Waals surface area contributed by atoms with E-state index >= 15 is 0 Å². The van der Waals surface area contributed by atoms with E-state index in [0.29, 0.717) is 12.3 Å². The fourth-order valence-corrected chi connectivity index (χ4v) is 4.53. The molecule has 0 unspecified atom stereocenters. The van der Waals surface area contributed by atoms with Crippen LogP contribution in [0.3, 0.4) is 0 Å². The van der Waals surface area contributed by atoms with Gasteiger partial charge in [0.15, 0.2) is 5.69 Å². The quantitative estimate of drug-likeness (QED) is 0.603. The Hall–Kier alpha value is -2.60. The number of aryl methyl sites for hydroxylation is 1. The van der Waals surface area contributed by atoms with E-state index in [1.165, 1.54) is 35.0 Å². The van der Waals surface area contributed by atoms with Gasteiger partial charge in [-0.05, 0) is 37.3 Å². The van der Waals surface area contributed by atoms with E-state index < -0.39 is 0 Å². The predicted molar refractivity (Wildman–Crippen MR) is 112 cm³/mol. The van der Waals surface area contributed by atoms with Crippen molar-refractivity contribution in [2.24, 2.45) is 13.0 Å².